The quantitative estimate of drug-likeness (QED) is 0.218. The number of anilines is 3. The van der Waals surface area contributed by atoms with Crippen LogP contribution in [0.4, 0.5) is 17.1 Å². The number of para-hydroxylation sites is 2. The summed E-state index contributed by atoms with van der Waals surface area (Å²) in [6.07, 6.45) is 0. The lowest BCUT2D eigenvalue weighted by Gasteiger charge is -2.30. The van der Waals surface area contributed by atoms with Gasteiger partial charge in [-0.2, -0.15) is 0 Å². The SMILES string of the molecule is c1ccc(N(c2cccc3ccccc23)c2cc3ccccc3c3ccccc23)c(-c2cc3ccccc3o2)c1. The molecule has 0 fully saturated rings. The van der Waals surface area contributed by atoms with Gasteiger partial charge in [0.1, 0.15) is 11.3 Å². The minimum absolute atomic E-state index is 0.854. The first-order chi connectivity index (χ1) is 19.8. The summed E-state index contributed by atoms with van der Waals surface area (Å²) in [4.78, 5) is 2.42. The lowest BCUT2D eigenvalue weighted by Crippen LogP contribution is -2.12. The maximum absolute atomic E-state index is 6.44. The molecular formula is C38H25NO. The van der Waals surface area contributed by atoms with E-state index in [1.54, 1.807) is 0 Å². The third kappa shape index (κ3) is 3.58. The molecule has 0 saturated heterocycles. The fourth-order valence-electron chi connectivity index (χ4n) is 6.00. The van der Waals surface area contributed by atoms with Crippen LogP contribution < -0.4 is 4.90 Å². The number of hydrogen-bond donors (Lipinski definition) is 0. The molecule has 0 spiro atoms. The van der Waals surface area contributed by atoms with Crippen LogP contribution >= 0.6 is 0 Å². The Morgan fingerprint density at radius 2 is 0.975 bits per heavy atom. The van der Waals surface area contributed by atoms with Crippen LogP contribution in [0.3, 0.4) is 0 Å². The second-order valence-electron chi connectivity index (χ2n) is 10.2. The first-order valence-electron chi connectivity index (χ1n) is 13.6. The lowest BCUT2D eigenvalue weighted by atomic mass is 9.97. The molecule has 8 aromatic rings. The molecule has 0 saturated carbocycles. The fourth-order valence-corrected chi connectivity index (χ4v) is 6.00. The van der Waals surface area contributed by atoms with Crippen LogP contribution in [0.25, 0.3) is 54.6 Å². The zero-order chi connectivity index (χ0) is 26.5. The zero-order valence-corrected chi connectivity index (χ0v) is 21.8. The van der Waals surface area contributed by atoms with Crippen molar-refractivity contribution in [3.63, 3.8) is 0 Å². The van der Waals surface area contributed by atoms with Crippen molar-refractivity contribution < 1.29 is 4.42 Å². The van der Waals surface area contributed by atoms with Gasteiger partial charge < -0.3 is 9.32 Å². The van der Waals surface area contributed by atoms with Crippen molar-refractivity contribution in [1.82, 2.24) is 0 Å². The van der Waals surface area contributed by atoms with E-state index in [9.17, 15) is 0 Å². The van der Waals surface area contributed by atoms with Gasteiger partial charge in [-0.15, -0.1) is 0 Å². The van der Waals surface area contributed by atoms with Crippen LogP contribution in [0, 0.1) is 0 Å². The van der Waals surface area contributed by atoms with Crippen LogP contribution in [-0.4, -0.2) is 0 Å². The smallest absolute Gasteiger partial charge is 0.137 e. The molecule has 2 nitrogen and oxygen atoms in total. The molecule has 40 heavy (non-hydrogen) atoms. The summed E-state index contributed by atoms with van der Waals surface area (Å²) >= 11 is 0. The number of benzene rings is 7. The van der Waals surface area contributed by atoms with Crippen molar-refractivity contribution >= 4 is 60.3 Å². The van der Waals surface area contributed by atoms with Crippen LogP contribution in [0.1, 0.15) is 0 Å². The van der Waals surface area contributed by atoms with Crippen LogP contribution in [0.5, 0.6) is 0 Å². The first kappa shape index (κ1) is 22.6. The van der Waals surface area contributed by atoms with Gasteiger partial charge in [0.2, 0.25) is 0 Å². The number of furan rings is 1. The maximum atomic E-state index is 6.44. The van der Waals surface area contributed by atoms with Gasteiger partial charge in [0, 0.05) is 21.7 Å². The Morgan fingerprint density at radius 3 is 1.82 bits per heavy atom. The Balaban J connectivity index is 1.49. The highest BCUT2D eigenvalue weighted by Crippen LogP contribution is 2.47. The summed E-state index contributed by atoms with van der Waals surface area (Å²) < 4.78 is 6.44. The lowest BCUT2D eigenvalue weighted by molar-refractivity contribution is 0.631. The van der Waals surface area contributed by atoms with E-state index in [0.717, 1.165) is 39.4 Å². The van der Waals surface area contributed by atoms with Gasteiger partial charge in [-0.05, 0) is 57.9 Å². The molecule has 0 aliphatic heterocycles. The molecule has 1 heterocycles. The van der Waals surface area contributed by atoms with Crippen LogP contribution in [0.15, 0.2) is 156 Å². The van der Waals surface area contributed by atoms with Gasteiger partial charge in [0.25, 0.3) is 0 Å². The second kappa shape index (κ2) is 9.14. The maximum Gasteiger partial charge on any atom is 0.137 e. The van der Waals surface area contributed by atoms with Gasteiger partial charge >= 0.3 is 0 Å². The highest BCUT2D eigenvalue weighted by Gasteiger charge is 2.23. The van der Waals surface area contributed by atoms with Crippen molar-refractivity contribution in [3.8, 4) is 11.3 Å². The molecule has 7 aromatic carbocycles. The Bertz CT molecular complexity index is 2150. The van der Waals surface area contributed by atoms with E-state index in [1.807, 2.05) is 12.1 Å². The number of fused-ring (bicyclic) bond motifs is 5. The van der Waals surface area contributed by atoms with Crippen LogP contribution in [0.2, 0.25) is 0 Å². The first-order valence-corrected chi connectivity index (χ1v) is 13.6. The third-order valence-electron chi connectivity index (χ3n) is 7.83. The Labute approximate surface area is 232 Å². The molecule has 188 valence electrons. The predicted molar refractivity (Wildman–Crippen MR) is 169 cm³/mol. The van der Waals surface area contributed by atoms with Gasteiger partial charge in [-0.3, -0.25) is 0 Å². The van der Waals surface area contributed by atoms with Crippen molar-refractivity contribution in [2.45, 2.75) is 0 Å². The summed E-state index contributed by atoms with van der Waals surface area (Å²) in [5, 5.41) is 8.40. The molecule has 0 amide bonds. The predicted octanol–water partition coefficient (Wildman–Crippen LogP) is 11.0. The number of rotatable bonds is 4. The van der Waals surface area contributed by atoms with Crippen molar-refractivity contribution in [1.29, 1.82) is 0 Å². The number of nitrogens with zero attached hydrogens (tertiary/aromatic N) is 1. The van der Waals surface area contributed by atoms with Gasteiger partial charge in [0.15, 0.2) is 0 Å². The molecule has 0 unspecified atom stereocenters. The highest BCUT2D eigenvalue weighted by molar-refractivity contribution is 6.16. The number of hydrogen-bond acceptors (Lipinski definition) is 2. The highest BCUT2D eigenvalue weighted by atomic mass is 16.3. The monoisotopic (exact) mass is 511 g/mol. The largest absolute Gasteiger partial charge is 0.456 e. The van der Waals surface area contributed by atoms with Gasteiger partial charge in [-0.1, -0.05) is 115 Å². The molecule has 0 bridgehead atoms. The van der Waals surface area contributed by atoms with E-state index >= 15 is 0 Å². The van der Waals surface area contributed by atoms with Crippen molar-refractivity contribution in [2.24, 2.45) is 0 Å². The molecule has 1 aromatic heterocycles. The van der Waals surface area contributed by atoms with Crippen molar-refractivity contribution in [3.05, 3.63) is 152 Å². The molecular weight excluding hydrogens is 486 g/mol. The minimum Gasteiger partial charge on any atom is -0.456 e. The van der Waals surface area contributed by atoms with Crippen molar-refractivity contribution in [2.75, 3.05) is 4.90 Å². The van der Waals surface area contributed by atoms with E-state index < -0.39 is 0 Å². The normalized spacial score (nSPS) is 11.5. The summed E-state index contributed by atoms with van der Waals surface area (Å²) in [5.41, 5.74) is 5.26. The Hall–Kier alpha value is -5.34. The second-order valence-corrected chi connectivity index (χ2v) is 10.2. The molecule has 0 atom stereocenters. The summed E-state index contributed by atoms with van der Waals surface area (Å²) in [5.74, 6) is 0.854. The molecule has 0 aliphatic carbocycles. The summed E-state index contributed by atoms with van der Waals surface area (Å²) in [6.45, 7) is 0. The summed E-state index contributed by atoms with van der Waals surface area (Å²) in [6, 6.07) is 53.8. The van der Waals surface area contributed by atoms with Gasteiger partial charge in [0.05, 0.1) is 17.1 Å². The zero-order valence-electron chi connectivity index (χ0n) is 21.8. The van der Waals surface area contributed by atoms with E-state index in [0.29, 0.717) is 0 Å². The topological polar surface area (TPSA) is 16.4 Å². The van der Waals surface area contributed by atoms with E-state index in [1.165, 1.54) is 32.3 Å². The standard InChI is InChI=1S/C38H25NO/c1-5-17-30-26(12-1)15-11-22-34(30)39(36-24-27-13-2-4-16-29(27)31-18-6-7-19-32(31)36)35-21-9-8-20-33(35)38-25-28-14-3-10-23-37(28)40-38/h1-25H. The Morgan fingerprint density at radius 1 is 0.375 bits per heavy atom. The average molecular weight is 512 g/mol. The third-order valence-corrected chi connectivity index (χ3v) is 7.83. The Kier molecular flexibility index (Phi) is 5.17. The molecule has 0 aliphatic rings. The molecule has 8 rings (SSSR count). The molecule has 2 heteroatoms. The minimum atomic E-state index is 0.854. The molecule has 0 N–H and O–H groups in total. The van der Waals surface area contributed by atoms with Gasteiger partial charge in [-0.25, -0.2) is 0 Å². The van der Waals surface area contributed by atoms with Crippen LogP contribution in [-0.2, 0) is 0 Å². The average Bonchev–Trinajstić information content (AvgIpc) is 3.46. The summed E-state index contributed by atoms with van der Waals surface area (Å²) in [7, 11) is 0. The van der Waals surface area contributed by atoms with E-state index in [-0.39, 0.29) is 0 Å². The molecule has 0 radical (unpaired) electrons. The fraction of sp³-hybridized carbons (Fsp3) is 0. The van der Waals surface area contributed by atoms with E-state index in [2.05, 4.69) is 144 Å². The van der Waals surface area contributed by atoms with E-state index in [4.69, 9.17) is 4.42 Å².